The summed E-state index contributed by atoms with van der Waals surface area (Å²) in [6.07, 6.45) is 1.41. The van der Waals surface area contributed by atoms with Gasteiger partial charge in [0, 0.05) is 23.4 Å². The zero-order valence-electron chi connectivity index (χ0n) is 8.64. The molecule has 0 atom stereocenters. The van der Waals surface area contributed by atoms with E-state index in [2.05, 4.69) is 9.97 Å². The number of anilines is 1. The van der Waals surface area contributed by atoms with Crippen molar-refractivity contribution >= 4 is 17.3 Å². The lowest BCUT2D eigenvalue weighted by atomic mass is 10.1. The predicted molar refractivity (Wildman–Crippen MR) is 63.4 cm³/mol. The standard InChI is InChI=1S/C11H10ClN3O/c1-16-10-4-7(13)2-3-8(10)9-5-11(12)15-6-14-9/h2-6H,13H2,1H3. The van der Waals surface area contributed by atoms with Crippen molar-refractivity contribution in [3.8, 4) is 17.0 Å². The average molecular weight is 236 g/mol. The van der Waals surface area contributed by atoms with Gasteiger partial charge in [0.25, 0.3) is 0 Å². The van der Waals surface area contributed by atoms with Crippen molar-refractivity contribution in [3.05, 3.63) is 35.7 Å². The first-order valence-corrected chi connectivity index (χ1v) is 5.00. The van der Waals surface area contributed by atoms with Crippen molar-refractivity contribution in [2.45, 2.75) is 0 Å². The molecule has 0 radical (unpaired) electrons. The number of halogens is 1. The van der Waals surface area contributed by atoms with E-state index >= 15 is 0 Å². The SMILES string of the molecule is COc1cc(N)ccc1-c1cc(Cl)ncn1. The average Bonchev–Trinajstić information content (AvgIpc) is 2.28. The molecule has 0 unspecified atom stereocenters. The van der Waals surface area contributed by atoms with Gasteiger partial charge in [0.05, 0.1) is 12.8 Å². The van der Waals surface area contributed by atoms with Crippen LogP contribution < -0.4 is 10.5 Å². The van der Waals surface area contributed by atoms with E-state index < -0.39 is 0 Å². The minimum atomic E-state index is 0.392. The fraction of sp³-hybridized carbons (Fsp3) is 0.0909. The molecule has 0 saturated heterocycles. The third-order valence-corrected chi connectivity index (χ3v) is 2.34. The van der Waals surface area contributed by atoms with Crippen molar-refractivity contribution in [2.24, 2.45) is 0 Å². The number of benzene rings is 1. The number of ether oxygens (including phenoxy) is 1. The van der Waals surface area contributed by atoms with Crippen LogP contribution in [0.3, 0.4) is 0 Å². The van der Waals surface area contributed by atoms with Crippen LogP contribution in [0.25, 0.3) is 11.3 Å². The molecule has 0 aliphatic rings. The van der Waals surface area contributed by atoms with Crippen molar-refractivity contribution in [2.75, 3.05) is 12.8 Å². The summed E-state index contributed by atoms with van der Waals surface area (Å²) in [5, 5.41) is 0.392. The molecule has 0 aliphatic carbocycles. The number of nitrogen functional groups attached to an aromatic ring is 1. The molecule has 0 spiro atoms. The van der Waals surface area contributed by atoms with Crippen LogP contribution in [-0.2, 0) is 0 Å². The maximum absolute atomic E-state index is 5.80. The van der Waals surface area contributed by atoms with E-state index in [4.69, 9.17) is 22.1 Å². The lowest BCUT2D eigenvalue weighted by molar-refractivity contribution is 0.416. The minimum absolute atomic E-state index is 0.392. The summed E-state index contributed by atoms with van der Waals surface area (Å²) in [5.41, 5.74) is 7.85. The maximum atomic E-state index is 5.80. The molecular weight excluding hydrogens is 226 g/mol. The molecule has 2 aromatic rings. The Morgan fingerprint density at radius 3 is 2.75 bits per heavy atom. The number of rotatable bonds is 2. The van der Waals surface area contributed by atoms with Gasteiger partial charge in [-0.1, -0.05) is 11.6 Å². The van der Waals surface area contributed by atoms with Gasteiger partial charge in [-0.2, -0.15) is 0 Å². The molecule has 0 bridgehead atoms. The molecule has 0 fully saturated rings. The third-order valence-electron chi connectivity index (χ3n) is 2.14. The highest BCUT2D eigenvalue weighted by molar-refractivity contribution is 6.29. The first-order chi connectivity index (χ1) is 7.70. The van der Waals surface area contributed by atoms with E-state index in [0.717, 1.165) is 5.56 Å². The molecule has 1 heterocycles. The van der Waals surface area contributed by atoms with Gasteiger partial charge >= 0.3 is 0 Å². The van der Waals surface area contributed by atoms with Crippen LogP contribution in [0, 0.1) is 0 Å². The quantitative estimate of drug-likeness (QED) is 0.641. The van der Waals surface area contributed by atoms with Crippen molar-refractivity contribution in [1.82, 2.24) is 9.97 Å². The van der Waals surface area contributed by atoms with Crippen molar-refractivity contribution in [1.29, 1.82) is 0 Å². The number of hydrogen-bond acceptors (Lipinski definition) is 4. The molecule has 16 heavy (non-hydrogen) atoms. The first kappa shape index (κ1) is 10.7. The van der Waals surface area contributed by atoms with Gasteiger partial charge in [0.1, 0.15) is 17.2 Å². The third kappa shape index (κ3) is 2.06. The lowest BCUT2D eigenvalue weighted by Gasteiger charge is -2.08. The minimum Gasteiger partial charge on any atom is -0.496 e. The second-order valence-corrected chi connectivity index (χ2v) is 3.57. The topological polar surface area (TPSA) is 61.0 Å². The Hall–Kier alpha value is -1.81. The number of methoxy groups -OCH3 is 1. The van der Waals surface area contributed by atoms with Gasteiger partial charge in [0.15, 0.2) is 0 Å². The summed E-state index contributed by atoms with van der Waals surface area (Å²) in [7, 11) is 1.58. The molecule has 4 nitrogen and oxygen atoms in total. The highest BCUT2D eigenvalue weighted by Gasteiger charge is 2.08. The highest BCUT2D eigenvalue weighted by Crippen LogP contribution is 2.30. The van der Waals surface area contributed by atoms with E-state index in [1.807, 2.05) is 6.07 Å². The van der Waals surface area contributed by atoms with Crippen LogP contribution in [0.2, 0.25) is 5.15 Å². The Labute approximate surface area is 98.0 Å². The molecule has 82 valence electrons. The molecule has 0 saturated carbocycles. The van der Waals surface area contributed by atoms with Crippen LogP contribution in [0.5, 0.6) is 5.75 Å². The summed E-state index contributed by atoms with van der Waals surface area (Å²) < 4.78 is 5.24. The number of aromatic nitrogens is 2. The summed E-state index contributed by atoms with van der Waals surface area (Å²) in [6.45, 7) is 0. The van der Waals surface area contributed by atoms with Gasteiger partial charge in [-0.15, -0.1) is 0 Å². The van der Waals surface area contributed by atoms with E-state index in [0.29, 0.717) is 22.3 Å². The highest BCUT2D eigenvalue weighted by atomic mass is 35.5. The predicted octanol–water partition coefficient (Wildman–Crippen LogP) is 2.39. The lowest BCUT2D eigenvalue weighted by Crippen LogP contribution is -1.93. The monoisotopic (exact) mass is 235 g/mol. The fourth-order valence-electron chi connectivity index (χ4n) is 1.40. The van der Waals surface area contributed by atoms with E-state index in [1.54, 1.807) is 25.3 Å². The molecule has 0 amide bonds. The van der Waals surface area contributed by atoms with Crippen molar-refractivity contribution < 1.29 is 4.74 Å². The molecule has 5 heteroatoms. The van der Waals surface area contributed by atoms with Crippen LogP contribution >= 0.6 is 11.6 Å². The molecule has 2 N–H and O–H groups in total. The Morgan fingerprint density at radius 1 is 1.25 bits per heavy atom. The molecule has 2 rings (SSSR count). The van der Waals surface area contributed by atoms with E-state index in [-0.39, 0.29) is 0 Å². The largest absolute Gasteiger partial charge is 0.496 e. The molecule has 1 aromatic heterocycles. The Bertz CT molecular complexity index is 516. The van der Waals surface area contributed by atoms with Gasteiger partial charge in [-0.05, 0) is 12.1 Å². The number of nitrogens with two attached hydrogens (primary N) is 1. The zero-order valence-corrected chi connectivity index (χ0v) is 9.40. The normalized spacial score (nSPS) is 10.1. The van der Waals surface area contributed by atoms with Gasteiger partial charge in [-0.25, -0.2) is 9.97 Å². The zero-order chi connectivity index (χ0) is 11.5. The maximum Gasteiger partial charge on any atom is 0.133 e. The molecular formula is C11H10ClN3O. The fourth-order valence-corrected chi connectivity index (χ4v) is 1.55. The van der Waals surface area contributed by atoms with E-state index in [9.17, 15) is 0 Å². The summed E-state index contributed by atoms with van der Waals surface area (Å²) in [4.78, 5) is 7.96. The number of hydrogen-bond donors (Lipinski definition) is 1. The van der Waals surface area contributed by atoms with Crippen molar-refractivity contribution in [3.63, 3.8) is 0 Å². The first-order valence-electron chi connectivity index (χ1n) is 4.62. The van der Waals surface area contributed by atoms with E-state index in [1.165, 1.54) is 6.33 Å². The van der Waals surface area contributed by atoms with Crippen LogP contribution in [0.1, 0.15) is 0 Å². The summed E-state index contributed by atoms with van der Waals surface area (Å²) in [6, 6.07) is 7.04. The Balaban J connectivity index is 2.55. The number of nitrogens with zero attached hydrogens (tertiary/aromatic N) is 2. The molecule has 0 aliphatic heterocycles. The van der Waals surface area contributed by atoms with Gasteiger partial charge in [-0.3, -0.25) is 0 Å². The Kier molecular flexibility index (Phi) is 2.92. The smallest absolute Gasteiger partial charge is 0.133 e. The van der Waals surface area contributed by atoms with Gasteiger partial charge < -0.3 is 10.5 Å². The summed E-state index contributed by atoms with van der Waals surface area (Å²) >= 11 is 5.80. The second kappa shape index (κ2) is 4.37. The van der Waals surface area contributed by atoms with Crippen LogP contribution in [0.4, 0.5) is 5.69 Å². The van der Waals surface area contributed by atoms with Crippen LogP contribution in [-0.4, -0.2) is 17.1 Å². The second-order valence-electron chi connectivity index (χ2n) is 3.19. The van der Waals surface area contributed by atoms with Gasteiger partial charge in [0.2, 0.25) is 0 Å². The Morgan fingerprint density at radius 2 is 2.06 bits per heavy atom. The molecule has 1 aromatic carbocycles. The van der Waals surface area contributed by atoms with Crippen LogP contribution in [0.15, 0.2) is 30.6 Å². The summed E-state index contributed by atoms with van der Waals surface area (Å²) in [5.74, 6) is 0.662.